The number of nitrogens with zero attached hydrogens (tertiary/aromatic N) is 1. The van der Waals surface area contributed by atoms with E-state index in [1.54, 1.807) is 0 Å². The van der Waals surface area contributed by atoms with Crippen LogP contribution in [-0.2, 0) is 10.2 Å². The van der Waals surface area contributed by atoms with Crippen LogP contribution in [0.25, 0.3) is 22.6 Å². The Bertz CT molecular complexity index is 1400. The molecule has 1 unspecified atom stereocenters. The first kappa shape index (κ1) is 26.4. The molecule has 7 heteroatoms. The first-order valence-electron chi connectivity index (χ1n) is 12.5. The molecule has 37 heavy (non-hydrogen) atoms. The van der Waals surface area contributed by atoms with Crippen molar-refractivity contribution in [2.45, 2.75) is 52.4 Å². The van der Waals surface area contributed by atoms with Crippen molar-refractivity contribution in [3.05, 3.63) is 77.9 Å². The van der Waals surface area contributed by atoms with Gasteiger partial charge in [0.05, 0.1) is 0 Å². The van der Waals surface area contributed by atoms with Crippen molar-refractivity contribution >= 4 is 40.0 Å². The van der Waals surface area contributed by atoms with Crippen LogP contribution in [-0.4, -0.2) is 22.6 Å². The van der Waals surface area contributed by atoms with Crippen molar-refractivity contribution in [1.82, 2.24) is 10.3 Å². The van der Waals surface area contributed by atoms with Gasteiger partial charge in [0.1, 0.15) is 11.3 Å². The lowest BCUT2D eigenvalue weighted by Gasteiger charge is -2.19. The maximum absolute atomic E-state index is 12.3. The Hall–Kier alpha value is -3.71. The van der Waals surface area contributed by atoms with Gasteiger partial charge in [0, 0.05) is 11.3 Å². The van der Waals surface area contributed by atoms with Gasteiger partial charge < -0.3 is 14.5 Å². The quantitative estimate of drug-likeness (QED) is 0.254. The summed E-state index contributed by atoms with van der Waals surface area (Å²) in [5.74, 6) is 1.28. The normalized spacial score (nSPS) is 12.2. The van der Waals surface area contributed by atoms with E-state index in [0.717, 1.165) is 23.1 Å². The minimum absolute atomic E-state index is 0.0579. The minimum Gasteiger partial charge on any atom is -0.484 e. The van der Waals surface area contributed by atoms with E-state index in [4.69, 9.17) is 21.4 Å². The minimum atomic E-state index is -0.343. The van der Waals surface area contributed by atoms with Gasteiger partial charge in [-0.05, 0) is 83.6 Å². The van der Waals surface area contributed by atoms with Crippen molar-refractivity contribution < 1.29 is 13.9 Å². The lowest BCUT2D eigenvalue weighted by molar-refractivity contribution is -0.121. The summed E-state index contributed by atoms with van der Waals surface area (Å²) in [6, 6.07) is 21.4. The molecule has 0 aliphatic carbocycles. The van der Waals surface area contributed by atoms with E-state index in [-0.39, 0.29) is 23.0 Å². The molecule has 1 aromatic heterocycles. The van der Waals surface area contributed by atoms with E-state index >= 15 is 0 Å². The fourth-order valence-corrected chi connectivity index (χ4v) is 4.10. The largest absolute Gasteiger partial charge is 0.484 e. The zero-order valence-electron chi connectivity index (χ0n) is 21.9. The van der Waals surface area contributed by atoms with Crippen LogP contribution < -0.4 is 15.4 Å². The molecule has 1 atom stereocenters. The van der Waals surface area contributed by atoms with E-state index in [0.29, 0.717) is 23.2 Å². The number of rotatable bonds is 7. The Morgan fingerprint density at radius 3 is 2.54 bits per heavy atom. The second kappa shape index (κ2) is 11.1. The number of benzene rings is 3. The lowest BCUT2D eigenvalue weighted by Crippen LogP contribution is -2.37. The second-order valence-corrected chi connectivity index (χ2v) is 10.6. The Morgan fingerprint density at radius 2 is 1.84 bits per heavy atom. The monoisotopic (exact) mass is 515 g/mol. The first-order chi connectivity index (χ1) is 17.6. The van der Waals surface area contributed by atoms with Gasteiger partial charge in [-0.3, -0.25) is 10.1 Å². The highest BCUT2D eigenvalue weighted by atomic mass is 32.1. The van der Waals surface area contributed by atoms with E-state index in [1.165, 1.54) is 11.1 Å². The van der Waals surface area contributed by atoms with Crippen molar-refractivity contribution in [3.63, 3.8) is 0 Å². The molecule has 0 aliphatic heterocycles. The Balaban J connectivity index is 1.35. The van der Waals surface area contributed by atoms with Crippen LogP contribution in [0.4, 0.5) is 5.69 Å². The van der Waals surface area contributed by atoms with Crippen molar-refractivity contribution in [1.29, 1.82) is 0 Å². The molecule has 192 valence electrons. The first-order valence-corrected chi connectivity index (χ1v) is 12.9. The molecule has 2 N–H and O–H groups in total. The van der Waals surface area contributed by atoms with Crippen molar-refractivity contribution in [3.8, 4) is 17.2 Å². The number of anilines is 1. The molecule has 4 rings (SSSR count). The van der Waals surface area contributed by atoms with Gasteiger partial charge in [-0.25, -0.2) is 4.98 Å². The zero-order chi connectivity index (χ0) is 26.6. The molecular weight excluding hydrogens is 482 g/mol. The van der Waals surface area contributed by atoms with E-state index in [9.17, 15) is 4.79 Å². The summed E-state index contributed by atoms with van der Waals surface area (Å²) in [6.45, 7) is 10.7. The topological polar surface area (TPSA) is 76.4 Å². The number of hydrogen-bond acceptors (Lipinski definition) is 5. The van der Waals surface area contributed by atoms with Crippen LogP contribution >= 0.6 is 12.2 Å². The Labute approximate surface area is 223 Å². The van der Waals surface area contributed by atoms with E-state index < -0.39 is 0 Å². The maximum Gasteiger partial charge on any atom is 0.264 e. The second-order valence-electron chi connectivity index (χ2n) is 10.2. The summed E-state index contributed by atoms with van der Waals surface area (Å²) in [7, 11) is 0. The highest BCUT2D eigenvalue weighted by Gasteiger charge is 2.14. The summed E-state index contributed by atoms with van der Waals surface area (Å²) >= 11 is 5.33. The molecule has 6 nitrogen and oxygen atoms in total. The standard InChI is InChI=1S/C30H33N3O3S/c1-6-19(2)20-10-15-26-25(17-20)32-28(36-26)21-8-7-9-23(16-21)31-29(37)33-27(34)18-35-24-13-11-22(12-14-24)30(3,4)5/h7-17,19H,6,18H2,1-5H3,(H2,31,33,34,37). The number of carbonyl (C=O) groups is 1. The third kappa shape index (κ3) is 6.74. The van der Waals surface area contributed by atoms with E-state index in [2.05, 4.69) is 62.4 Å². The average Bonchev–Trinajstić information content (AvgIpc) is 3.30. The Kier molecular flexibility index (Phi) is 7.93. The fraction of sp³-hybridized carbons (Fsp3) is 0.300. The molecule has 1 amide bonds. The molecule has 3 aromatic carbocycles. The summed E-state index contributed by atoms with van der Waals surface area (Å²) in [4.78, 5) is 17.0. The van der Waals surface area contributed by atoms with Crippen LogP contribution in [0, 0.1) is 0 Å². The van der Waals surface area contributed by atoms with Crippen LogP contribution in [0.1, 0.15) is 58.1 Å². The predicted octanol–water partition coefficient (Wildman–Crippen LogP) is 7.20. The smallest absolute Gasteiger partial charge is 0.264 e. The van der Waals surface area contributed by atoms with Gasteiger partial charge in [0.2, 0.25) is 5.89 Å². The zero-order valence-corrected chi connectivity index (χ0v) is 22.7. The number of hydrogen-bond donors (Lipinski definition) is 2. The number of thiocarbonyl (C=S) groups is 1. The SMILES string of the molecule is CCC(C)c1ccc2oc(-c3cccc(NC(=S)NC(=O)COc4ccc(C(C)(C)C)cc4)c3)nc2c1. The van der Waals surface area contributed by atoms with Gasteiger partial charge in [0.25, 0.3) is 5.91 Å². The highest BCUT2D eigenvalue weighted by molar-refractivity contribution is 7.80. The third-order valence-electron chi connectivity index (χ3n) is 6.30. The molecule has 0 bridgehead atoms. The maximum atomic E-state index is 12.3. The summed E-state index contributed by atoms with van der Waals surface area (Å²) in [5.41, 5.74) is 5.61. The average molecular weight is 516 g/mol. The number of aromatic nitrogens is 1. The van der Waals surface area contributed by atoms with E-state index in [1.807, 2.05) is 54.6 Å². The van der Waals surface area contributed by atoms with Crippen LogP contribution in [0.15, 0.2) is 71.1 Å². The number of oxazole rings is 1. The van der Waals surface area contributed by atoms with Crippen LogP contribution in [0.2, 0.25) is 0 Å². The number of fused-ring (bicyclic) bond motifs is 1. The van der Waals surface area contributed by atoms with Crippen LogP contribution in [0.3, 0.4) is 0 Å². The third-order valence-corrected chi connectivity index (χ3v) is 6.51. The molecule has 4 aromatic rings. The molecule has 0 saturated carbocycles. The van der Waals surface area contributed by atoms with Gasteiger partial charge in [-0.2, -0.15) is 0 Å². The van der Waals surface area contributed by atoms with Gasteiger partial charge >= 0.3 is 0 Å². The fourth-order valence-electron chi connectivity index (χ4n) is 3.87. The number of ether oxygens (including phenoxy) is 1. The highest BCUT2D eigenvalue weighted by Crippen LogP contribution is 2.29. The molecule has 0 radical (unpaired) electrons. The molecule has 0 spiro atoms. The van der Waals surface area contributed by atoms with Gasteiger partial charge in [-0.1, -0.05) is 58.9 Å². The predicted molar refractivity (Wildman–Crippen MR) is 153 cm³/mol. The molecule has 1 heterocycles. The molecule has 0 fully saturated rings. The number of amides is 1. The van der Waals surface area contributed by atoms with Gasteiger partial charge in [-0.15, -0.1) is 0 Å². The molecule has 0 aliphatic rings. The summed E-state index contributed by atoms with van der Waals surface area (Å²) in [5, 5.41) is 5.88. The Morgan fingerprint density at radius 1 is 1.08 bits per heavy atom. The molecule has 0 saturated heterocycles. The van der Waals surface area contributed by atoms with Gasteiger partial charge in [0.15, 0.2) is 17.3 Å². The van der Waals surface area contributed by atoms with Crippen molar-refractivity contribution in [2.75, 3.05) is 11.9 Å². The lowest BCUT2D eigenvalue weighted by atomic mass is 9.87. The number of carbonyl (C=O) groups excluding carboxylic acids is 1. The number of nitrogens with one attached hydrogen (secondary N) is 2. The summed E-state index contributed by atoms with van der Waals surface area (Å²) < 4.78 is 11.6. The summed E-state index contributed by atoms with van der Waals surface area (Å²) in [6.07, 6.45) is 1.07. The van der Waals surface area contributed by atoms with Crippen LogP contribution in [0.5, 0.6) is 5.75 Å². The van der Waals surface area contributed by atoms with Crippen molar-refractivity contribution in [2.24, 2.45) is 0 Å². The molecular formula is C30H33N3O3S.